The Labute approximate surface area is 181 Å². The fourth-order valence-corrected chi connectivity index (χ4v) is 5.18. The summed E-state index contributed by atoms with van der Waals surface area (Å²) in [4.78, 5) is 13.5. The van der Waals surface area contributed by atoms with Crippen LogP contribution >= 0.6 is 0 Å². The van der Waals surface area contributed by atoms with Crippen LogP contribution in [0, 0.1) is 0 Å². The molecule has 0 aromatic heterocycles. The Kier molecular flexibility index (Phi) is 4.79. The van der Waals surface area contributed by atoms with Crippen molar-refractivity contribution in [3.63, 3.8) is 0 Å². The van der Waals surface area contributed by atoms with Gasteiger partial charge in [0.25, 0.3) is 0 Å². The zero-order valence-corrected chi connectivity index (χ0v) is 17.9. The third-order valence-corrected chi connectivity index (χ3v) is 7.15. The molecule has 1 N–H and O–H groups in total. The van der Waals surface area contributed by atoms with Crippen LogP contribution < -0.4 is 10.1 Å². The number of hydrogen-bond donors (Lipinski definition) is 1. The van der Waals surface area contributed by atoms with Crippen molar-refractivity contribution in [1.82, 2.24) is 4.31 Å². The molecule has 0 saturated carbocycles. The van der Waals surface area contributed by atoms with E-state index in [9.17, 15) is 13.2 Å². The van der Waals surface area contributed by atoms with Crippen molar-refractivity contribution < 1.29 is 17.9 Å². The summed E-state index contributed by atoms with van der Waals surface area (Å²) in [5.74, 6) is 0.732. The number of carbonyl (C=O) groups is 1. The summed E-state index contributed by atoms with van der Waals surface area (Å²) in [5, 5.41) is 3.11. The van der Waals surface area contributed by atoms with Gasteiger partial charge in [0, 0.05) is 29.9 Å². The van der Waals surface area contributed by atoms with Gasteiger partial charge in [0.15, 0.2) is 0 Å². The number of carbonyl (C=O) groups excluding carboxylic acids is 1. The normalized spacial score (nSPS) is 15.9. The number of nitrogens with zero attached hydrogens (tertiary/aromatic N) is 1. The van der Waals surface area contributed by atoms with E-state index in [-0.39, 0.29) is 5.91 Å². The summed E-state index contributed by atoms with van der Waals surface area (Å²) in [6.45, 7) is 0.725. The molecule has 0 unspecified atom stereocenters. The SMILES string of the molecule is CS(=O)(=O)N1CCc2c(cccc2NC(=O)C2c3ccccc3Oc3ccccc32)C1. The standard InChI is InChI=1S/C24H22N2O4S/c1-31(28,29)26-14-13-17-16(15-26)7-6-10-20(17)25-24(27)23-18-8-2-4-11-21(18)30-22-12-5-3-9-19(22)23/h2-12,23H,13-15H2,1H3,(H,25,27). The van der Waals surface area contributed by atoms with Crippen LogP contribution in [0.5, 0.6) is 11.5 Å². The van der Waals surface area contributed by atoms with Crippen LogP contribution in [-0.4, -0.2) is 31.4 Å². The maximum Gasteiger partial charge on any atom is 0.236 e. The fraction of sp³-hybridized carbons (Fsp3) is 0.208. The largest absolute Gasteiger partial charge is 0.457 e. The van der Waals surface area contributed by atoms with Gasteiger partial charge in [-0.15, -0.1) is 0 Å². The van der Waals surface area contributed by atoms with E-state index >= 15 is 0 Å². The Hall–Kier alpha value is -3.16. The Morgan fingerprint density at radius 3 is 2.26 bits per heavy atom. The Balaban J connectivity index is 1.49. The molecule has 0 radical (unpaired) electrons. The van der Waals surface area contributed by atoms with Crippen LogP contribution in [0.2, 0.25) is 0 Å². The van der Waals surface area contributed by atoms with E-state index < -0.39 is 15.9 Å². The number of hydrogen-bond acceptors (Lipinski definition) is 4. The molecular weight excluding hydrogens is 412 g/mol. The predicted molar refractivity (Wildman–Crippen MR) is 119 cm³/mol. The lowest BCUT2D eigenvalue weighted by Gasteiger charge is -2.30. The molecule has 158 valence electrons. The van der Waals surface area contributed by atoms with Crippen molar-refractivity contribution in [3.8, 4) is 11.5 Å². The zero-order chi connectivity index (χ0) is 21.6. The molecule has 31 heavy (non-hydrogen) atoms. The number of ether oxygens (including phenoxy) is 1. The van der Waals surface area contributed by atoms with E-state index in [0.717, 1.165) is 27.9 Å². The van der Waals surface area contributed by atoms with Crippen LogP contribution in [0.4, 0.5) is 5.69 Å². The highest BCUT2D eigenvalue weighted by Gasteiger charge is 2.33. The number of anilines is 1. The lowest BCUT2D eigenvalue weighted by Crippen LogP contribution is -2.35. The quantitative estimate of drug-likeness (QED) is 0.679. The minimum absolute atomic E-state index is 0.137. The first-order valence-electron chi connectivity index (χ1n) is 10.1. The first-order valence-corrected chi connectivity index (χ1v) is 12.0. The second-order valence-electron chi connectivity index (χ2n) is 7.89. The summed E-state index contributed by atoms with van der Waals surface area (Å²) in [5.41, 5.74) is 4.29. The first kappa shape index (κ1) is 19.8. The molecule has 0 aliphatic carbocycles. The molecule has 0 spiro atoms. The maximum atomic E-state index is 13.5. The van der Waals surface area contributed by atoms with Crippen LogP contribution in [0.1, 0.15) is 28.2 Å². The van der Waals surface area contributed by atoms with Crippen molar-refractivity contribution in [2.24, 2.45) is 0 Å². The first-order chi connectivity index (χ1) is 14.9. The Bertz CT molecular complexity index is 1240. The molecule has 6 nitrogen and oxygen atoms in total. The second-order valence-corrected chi connectivity index (χ2v) is 9.87. The number of rotatable bonds is 3. The number of fused-ring (bicyclic) bond motifs is 3. The van der Waals surface area contributed by atoms with Crippen molar-refractivity contribution in [2.75, 3.05) is 18.1 Å². The van der Waals surface area contributed by atoms with E-state index in [1.807, 2.05) is 66.7 Å². The molecule has 3 aromatic carbocycles. The number of sulfonamides is 1. The predicted octanol–water partition coefficient (Wildman–Crippen LogP) is 3.88. The van der Waals surface area contributed by atoms with Gasteiger partial charge < -0.3 is 10.1 Å². The summed E-state index contributed by atoms with van der Waals surface area (Å²) >= 11 is 0. The van der Waals surface area contributed by atoms with Crippen molar-refractivity contribution in [3.05, 3.63) is 89.0 Å². The lowest BCUT2D eigenvalue weighted by atomic mass is 9.87. The molecule has 5 rings (SSSR count). The van der Waals surface area contributed by atoms with Gasteiger partial charge in [0.05, 0.1) is 12.2 Å². The molecule has 0 bridgehead atoms. The average Bonchev–Trinajstić information content (AvgIpc) is 2.76. The number of nitrogens with one attached hydrogen (secondary N) is 1. The molecule has 7 heteroatoms. The molecule has 0 saturated heterocycles. The maximum absolute atomic E-state index is 13.5. The van der Waals surface area contributed by atoms with E-state index in [2.05, 4.69) is 5.32 Å². The molecule has 2 aliphatic heterocycles. The van der Waals surface area contributed by atoms with Crippen molar-refractivity contribution in [1.29, 1.82) is 0 Å². The number of para-hydroxylation sites is 2. The zero-order valence-electron chi connectivity index (χ0n) is 17.0. The molecule has 0 fully saturated rings. The van der Waals surface area contributed by atoms with Crippen LogP contribution in [0.15, 0.2) is 66.7 Å². The Morgan fingerprint density at radius 2 is 1.61 bits per heavy atom. The highest BCUT2D eigenvalue weighted by molar-refractivity contribution is 7.88. The van der Waals surface area contributed by atoms with E-state index in [0.29, 0.717) is 31.0 Å². The van der Waals surface area contributed by atoms with E-state index in [1.54, 1.807) is 0 Å². The summed E-state index contributed by atoms with van der Waals surface area (Å²) in [7, 11) is -3.26. The van der Waals surface area contributed by atoms with Crippen LogP contribution in [-0.2, 0) is 27.8 Å². The van der Waals surface area contributed by atoms with Gasteiger partial charge >= 0.3 is 0 Å². The van der Waals surface area contributed by atoms with Gasteiger partial charge in [-0.05, 0) is 35.7 Å². The minimum Gasteiger partial charge on any atom is -0.457 e. The third-order valence-electron chi connectivity index (χ3n) is 5.90. The van der Waals surface area contributed by atoms with Gasteiger partial charge in [-0.3, -0.25) is 4.79 Å². The molecule has 3 aromatic rings. The molecule has 1 amide bonds. The molecule has 0 atom stereocenters. The lowest BCUT2D eigenvalue weighted by molar-refractivity contribution is -0.116. The van der Waals surface area contributed by atoms with Crippen molar-refractivity contribution >= 4 is 21.6 Å². The smallest absolute Gasteiger partial charge is 0.236 e. The summed E-state index contributed by atoms with van der Waals surface area (Å²) in [6, 6.07) is 20.8. The molecular formula is C24H22N2O4S. The fourth-order valence-electron chi connectivity index (χ4n) is 4.38. The van der Waals surface area contributed by atoms with Gasteiger partial charge in [0.1, 0.15) is 11.5 Å². The highest BCUT2D eigenvalue weighted by atomic mass is 32.2. The van der Waals surface area contributed by atoms with Gasteiger partial charge in [0.2, 0.25) is 15.9 Å². The van der Waals surface area contributed by atoms with Crippen LogP contribution in [0.3, 0.4) is 0 Å². The summed E-state index contributed by atoms with van der Waals surface area (Å²) < 4.78 is 31.4. The third kappa shape index (κ3) is 3.60. The highest BCUT2D eigenvalue weighted by Crippen LogP contribution is 2.44. The number of amides is 1. The minimum atomic E-state index is -3.26. The van der Waals surface area contributed by atoms with Gasteiger partial charge in [-0.2, -0.15) is 4.31 Å². The number of benzene rings is 3. The molecule has 2 heterocycles. The van der Waals surface area contributed by atoms with E-state index in [4.69, 9.17) is 4.74 Å². The second kappa shape index (κ2) is 7.51. The van der Waals surface area contributed by atoms with Gasteiger partial charge in [-0.1, -0.05) is 48.5 Å². The van der Waals surface area contributed by atoms with Gasteiger partial charge in [-0.25, -0.2) is 8.42 Å². The van der Waals surface area contributed by atoms with Crippen molar-refractivity contribution in [2.45, 2.75) is 18.9 Å². The topological polar surface area (TPSA) is 75.7 Å². The molecule has 2 aliphatic rings. The van der Waals surface area contributed by atoms with Crippen LogP contribution in [0.25, 0.3) is 0 Å². The monoisotopic (exact) mass is 434 g/mol. The average molecular weight is 435 g/mol. The Morgan fingerprint density at radius 1 is 0.968 bits per heavy atom. The van der Waals surface area contributed by atoms with E-state index in [1.165, 1.54) is 10.6 Å². The summed E-state index contributed by atoms with van der Waals surface area (Å²) in [6.07, 6.45) is 1.78.